The van der Waals surface area contributed by atoms with Gasteiger partial charge in [0.05, 0.1) is 6.42 Å². The lowest BCUT2D eigenvalue weighted by Crippen LogP contribution is -2.17. The van der Waals surface area contributed by atoms with E-state index in [9.17, 15) is 4.79 Å². The van der Waals surface area contributed by atoms with Gasteiger partial charge in [0, 0.05) is 17.1 Å². The lowest BCUT2D eigenvalue weighted by Gasteiger charge is -2.14. The monoisotopic (exact) mass is 274 g/mol. The highest BCUT2D eigenvalue weighted by atomic mass is 32.1. The maximum Gasteiger partial charge on any atom is 0.229 e. The van der Waals surface area contributed by atoms with E-state index < -0.39 is 0 Å². The van der Waals surface area contributed by atoms with E-state index in [-0.39, 0.29) is 5.91 Å². The molecule has 1 N–H and O–H groups in total. The molecule has 100 valence electrons. The zero-order chi connectivity index (χ0) is 13.7. The van der Waals surface area contributed by atoms with Crippen molar-refractivity contribution in [1.82, 2.24) is 4.90 Å². The van der Waals surface area contributed by atoms with Gasteiger partial charge in [0.2, 0.25) is 5.91 Å². The third kappa shape index (κ3) is 4.19. The summed E-state index contributed by atoms with van der Waals surface area (Å²) >= 11 is 1.61. The molecule has 1 aromatic heterocycles. The van der Waals surface area contributed by atoms with Crippen LogP contribution in [0.4, 0.5) is 5.69 Å². The Kier molecular flexibility index (Phi) is 4.71. The molecule has 1 amide bonds. The molecule has 0 radical (unpaired) electrons. The number of carbonyl (C=O) groups excluding carboxylic acids is 1. The first-order valence-corrected chi connectivity index (χ1v) is 7.08. The van der Waals surface area contributed by atoms with E-state index in [2.05, 4.69) is 10.2 Å². The summed E-state index contributed by atoms with van der Waals surface area (Å²) in [4.78, 5) is 15.2. The van der Waals surface area contributed by atoms with Gasteiger partial charge in [0.15, 0.2) is 0 Å². The highest BCUT2D eigenvalue weighted by Gasteiger charge is 2.08. The van der Waals surface area contributed by atoms with Crippen molar-refractivity contribution in [1.29, 1.82) is 0 Å². The largest absolute Gasteiger partial charge is 0.325 e. The van der Waals surface area contributed by atoms with Crippen LogP contribution in [0.2, 0.25) is 0 Å². The van der Waals surface area contributed by atoms with Crippen LogP contribution in [0.5, 0.6) is 0 Å². The Morgan fingerprint density at radius 1 is 1.21 bits per heavy atom. The number of hydrogen-bond donors (Lipinski definition) is 1. The number of hydrogen-bond acceptors (Lipinski definition) is 3. The summed E-state index contributed by atoms with van der Waals surface area (Å²) in [5.74, 6) is 0.0358. The molecule has 0 aliphatic heterocycles. The van der Waals surface area contributed by atoms with Gasteiger partial charge in [-0.25, -0.2) is 0 Å². The van der Waals surface area contributed by atoms with E-state index in [1.54, 1.807) is 11.3 Å². The molecule has 0 aliphatic carbocycles. The Morgan fingerprint density at radius 2 is 2.00 bits per heavy atom. The summed E-state index contributed by atoms with van der Waals surface area (Å²) in [5, 5.41) is 4.98. The van der Waals surface area contributed by atoms with Gasteiger partial charge in [-0.05, 0) is 37.2 Å². The van der Waals surface area contributed by atoms with Crippen LogP contribution in [0.25, 0.3) is 0 Å². The van der Waals surface area contributed by atoms with Gasteiger partial charge in [-0.2, -0.15) is 0 Å². The van der Waals surface area contributed by atoms with Crippen molar-refractivity contribution >= 4 is 22.9 Å². The second kappa shape index (κ2) is 6.50. The first-order valence-electron chi connectivity index (χ1n) is 6.20. The lowest BCUT2D eigenvalue weighted by atomic mass is 10.1. The molecule has 4 heteroatoms. The molecule has 0 saturated carbocycles. The molecule has 0 saturated heterocycles. The number of rotatable bonds is 5. The molecule has 19 heavy (non-hydrogen) atoms. The highest BCUT2D eigenvalue weighted by Crippen LogP contribution is 2.17. The number of amides is 1. The number of nitrogens with one attached hydrogen (secondary N) is 1. The third-order valence-electron chi connectivity index (χ3n) is 2.69. The van der Waals surface area contributed by atoms with Crippen LogP contribution in [0.1, 0.15) is 10.4 Å². The number of carbonyl (C=O) groups is 1. The van der Waals surface area contributed by atoms with Crippen molar-refractivity contribution in [2.45, 2.75) is 13.0 Å². The first-order chi connectivity index (χ1) is 9.15. The van der Waals surface area contributed by atoms with Crippen molar-refractivity contribution < 1.29 is 4.79 Å². The summed E-state index contributed by atoms with van der Waals surface area (Å²) in [6.07, 6.45) is 0.438. The highest BCUT2D eigenvalue weighted by molar-refractivity contribution is 7.10. The Balaban J connectivity index is 2.04. The van der Waals surface area contributed by atoms with Gasteiger partial charge in [0.1, 0.15) is 0 Å². The Morgan fingerprint density at radius 3 is 2.68 bits per heavy atom. The van der Waals surface area contributed by atoms with E-state index in [1.807, 2.05) is 55.9 Å². The van der Waals surface area contributed by atoms with E-state index in [4.69, 9.17) is 0 Å². The van der Waals surface area contributed by atoms with Gasteiger partial charge in [-0.1, -0.05) is 24.3 Å². The normalized spacial score (nSPS) is 10.7. The van der Waals surface area contributed by atoms with Crippen LogP contribution in [-0.2, 0) is 17.8 Å². The van der Waals surface area contributed by atoms with Crippen molar-refractivity contribution in [3.05, 3.63) is 52.2 Å². The molecule has 0 bridgehead atoms. The molecule has 2 rings (SSSR count). The van der Waals surface area contributed by atoms with Gasteiger partial charge >= 0.3 is 0 Å². The fraction of sp³-hybridized carbons (Fsp3) is 0.267. The second-order valence-electron chi connectivity index (χ2n) is 4.70. The van der Waals surface area contributed by atoms with E-state index in [1.165, 1.54) is 0 Å². The van der Waals surface area contributed by atoms with Crippen molar-refractivity contribution in [3.8, 4) is 0 Å². The van der Waals surface area contributed by atoms with Gasteiger partial charge in [-0.3, -0.25) is 4.79 Å². The zero-order valence-corrected chi connectivity index (χ0v) is 12.0. The van der Waals surface area contributed by atoms with Crippen molar-refractivity contribution in [2.24, 2.45) is 0 Å². The molecule has 1 aromatic carbocycles. The molecular formula is C15H18N2OS. The van der Waals surface area contributed by atoms with Gasteiger partial charge in [0.25, 0.3) is 0 Å². The van der Waals surface area contributed by atoms with Crippen molar-refractivity contribution in [3.63, 3.8) is 0 Å². The van der Waals surface area contributed by atoms with Gasteiger partial charge < -0.3 is 10.2 Å². The molecular weight excluding hydrogens is 256 g/mol. The fourth-order valence-corrected chi connectivity index (χ4v) is 2.59. The summed E-state index contributed by atoms with van der Waals surface area (Å²) in [6.45, 7) is 0.815. The second-order valence-corrected chi connectivity index (χ2v) is 5.73. The Hall–Kier alpha value is -1.65. The van der Waals surface area contributed by atoms with Crippen LogP contribution < -0.4 is 5.32 Å². The minimum atomic E-state index is 0.0358. The third-order valence-corrected chi connectivity index (χ3v) is 3.57. The van der Waals surface area contributed by atoms with Gasteiger partial charge in [-0.15, -0.1) is 11.3 Å². The topological polar surface area (TPSA) is 32.3 Å². The Bertz CT molecular complexity index is 535. The molecule has 0 spiro atoms. The predicted octanol–water partition coefficient (Wildman–Crippen LogP) is 2.99. The summed E-state index contributed by atoms with van der Waals surface area (Å²) in [5.41, 5.74) is 2.03. The van der Waals surface area contributed by atoms with Crippen LogP contribution in [0, 0.1) is 0 Å². The average molecular weight is 274 g/mol. The van der Waals surface area contributed by atoms with Crippen LogP contribution in [-0.4, -0.2) is 24.9 Å². The van der Waals surface area contributed by atoms with Crippen LogP contribution >= 0.6 is 11.3 Å². The van der Waals surface area contributed by atoms with Crippen LogP contribution in [0.3, 0.4) is 0 Å². The number of anilines is 1. The maximum absolute atomic E-state index is 12.0. The maximum atomic E-state index is 12.0. The minimum absolute atomic E-state index is 0.0358. The van der Waals surface area contributed by atoms with Crippen molar-refractivity contribution in [2.75, 3.05) is 19.4 Å². The predicted molar refractivity (Wildman–Crippen MR) is 80.5 cm³/mol. The average Bonchev–Trinajstić information content (AvgIpc) is 2.83. The molecule has 1 heterocycles. The lowest BCUT2D eigenvalue weighted by molar-refractivity contribution is -0.115. The SMILES string of the molecule is CN(C)Cc1ccccc1NC(=O)Cc1cccs1. The summed E-state index contributed by atoms with van der Waals surface area (Å²) < 4.78 is 0. The summed E-state index contributed by atoms with van der Waals surface area (Å²) in [7, 11) is 4.04. The number of benzene rings is 1. The molecule has 0 fully saturated rings. The van der Waals surface area contributed by atoms with E-state index in [0.29, 0.717) is 6.42 Å². The quantitative estimate of drug-likeness (QED) is 0.909. The zero-order valence-electron chi connectivity index (χ0n) is 11.2. The number of nitrogens with zero attached hydrogens (tertiary/aromatic N) is 1. The molecule has 0 aliphatic rings. The minimum Gasteiger partial charge on any atom is -0.325 e. The molecule has 0 atom stereocenters. The molecule has 2 aromatic rings. The smallest absolute Gasteiger partial charge is 0.229 e. The molecule has 0 unspecified atom stereocenters. The fourth-order valence-electron chi connectivity index (χ4n) is 1.89. The van der Waals surface area contributed by atoms with E-state index in [0.717, 1.165) is 22.7 Å². The standard InChI is InChI=1S/C15H18N2OS/c1-17(2)11-12-6-3-4-8-14(12)16-15(18)10-13-7-5-9-19-13/h3-9H,10-11H2,1-2H3,(H,16,18). The Labute approximate surface area is 117 Å². The number of para-hydroxylation sites is 1. The van der Waals surface area contributed by atoms with E-state index >= 15 is 0 Å². The molecule has 3 nitrogen and oxygen atoms in total. The van der Waals surface area contributed by atoms with Crippen LogP contribution in [0.15, 0.2) is 41.8 Å². The number of thiophene rings is 1. The summed E-state index contributed by atoms with van der Waals surface area (Å²) in [6, 6.07) is 11.9. The first kappa shape index (κ1) is 13.8.